The molecule has 0 saturated carbocycles. The van der Waals surface area contributed by atoms with Crippen molar-refractivity contribution in [1.82, 2.24) is 14.2 Å². The van der Waals surface area contributed by atoms with Gasteiger partial charge in [-0.05, 0) is 38.0 Å². The third-order valence-corrected chi connectivity index (χ3v) is 7.19. The molecular weight excluding hydrogens is 442 g/mol. The van der Waals surface area contributed by atoms with Gasteiger partial charge in [0.25, 0.3) is 5.69 Å². The summed E-state index contributed by atoms with van der Waals surface area (Å²) in [7, 11) is 2.13. The normalized spacial score (nSPS) is 21.4. The second kappa shape index (κ2) is 10.1. The first-order valence-corrected chi connectivity index (χ1v) is 12.0. The number of nitro groups is 1. The quantitative estimate of drug-likeness (QED) is 0.347. The zero-order chi connectivity index (χ0) is 23.5. The van der Waals surface area contributed by atoms with Crippen LogP contribution in [-0.2, 0) is 16.0 Å². The number of aromatic nitrogens is 1. The van der Waals surface area contributed by atoms with E-state index in [9.17, 15) is 14.9 Å². The number of rotatable bonds is 7. The summed E-state index contributed by atoms with van der Waals surface area (Å²) < 4.78 is 10.1. The third kappa shape index (κ3) is 4.97. The van der Waals surface area contributed by atoms with E-state index < -0.39 is 16.8 Å². The molecule has 2 aromatic rings. The van der Waals surface area contributed by atoms with E-state index in [1.807, 2.05) is 13.0 Å². The molecule has 0 amide bonds. The van der Waals surface area contributed by atoms with E-state index in [0.29, 0.717) is 11.3 Å². The summed E-state index contributed by atoms with van der Waals surface area (Å²) in [5.74, 6) is -1.42. The lowest BCUT2D eigenvalue weighted by Gasteiger charge is -2.33. The maximum atomic E-state index is 13.0. The monoisotopic (exact) mass is 471 g/mol. The van der Waals surface area contributed by atoms with Crippen LogP contribution in [0, 0.1) is 16.0 Å². The van der Waals surface area contributed by atoms with Gasteiger partial charge in [-0.1, -0.05) is 12.1 Å². The van der Waals surface area contributed by atoms with Crippen molar-refractivity contribution in [2.24, 2.45) is 10.9 Å². The minimum absolute atomic E-state index is 0.000926. The minimum Gasteiger partial charge on any atom is -0.465 e. The summed E-state index contributed by atoms with van der Waals surface area (Å²) >= 11 is 1.33. The van der Waals surface area contributed by atoms with Crippen molar-refractivity contribution in [2.45, 2.75) is 26.2 Å². The molecule has 1 aromatic carbocycles. The van der Waals surface area contributed by atoms with Crippen LogP contribution in [-0.4, -0.2) is 77.2 Å². The molecule has 0 aliphatic carbocycles. The minimum atomic E-state index is -0.641. The Morgan fingerprint density at radius 2 is 2.06 bits per heavy atom. The number of esters is 1. The molecule has 0 radical (unpaired) electrons. The van der Waals surface area contributed by atoms with Crippen LogP contribution in [0.5, 0.6) is 0 Å². The van der Waals surface area contributed by atoms with Gasteiger partial charge < -0.3 is 14.5 Å². The lowest BCUT2D eigenvalue weighted by Crippen LogP contribution is -2.45. The van der Waals surface area contributed by atoms with Crippen LogP contribution in [0.3, 0.4) is 0 Å². The first-order chi connectivity index (χ1) is 15.9. The number of benzene rings is 1. The highest BCUT2D eigenvalue weighted by Crippen LogP contribution is 2.47. The predicted molar refractivity (Wildman–Crippen MR) is 128 cm³/mol. The van der Waals surface area contributed by atoms with Gasteiger partial charge in [0, 0.05) is 68.5 Å². The molecule has 1 fully saturated rings. The molecule has 33 heavy (non-hydrogen) atoms. The second-order valence-corrected chi connectivity index (χ2v) is 9.31. The van der Waals surface area contributed by atoms with Crippen LogP contribution in [0.25, 0.3) is 0 Å². The number of likely N-dealkylation sites (N-methyl/N-ethyl adjacent to an activating group) is 1. The number of hydrogen-bond acceptors (Lipinski definition) is 9. The summed E-state index contributed by atoms with van der Waals surface area (Å²) in [5, 5.41) is 12.2. The van der Waals surface area contributed by atoms with Gasteiger partial charge in [-0.15, -0.1) is 0 Å². The van der Waals surface area contributed by atoms with Crippen molar-refractivity contribution >= 4 is 33.9 Å². The Hall–Kier alpha value is -2.69. The predicted octanol–water partition coefficient (Wildman–Crippen LogP) is 3.26. The van der Waals surface area contributed by atoms with E-state index in [1.165, 1.54) is 17.6 Å². The highest BCUT2D eigenvalue weighted by molar-refractivity contribution is 7.10. The van der Waals surface area contributed by atoms with Gasteiger partial charge in [-0.25, -0.2) is 4.99 Å². The van der Waals surface area contributed by atoms with Crippen LogP contribution in [0.1, 0.15) is 36.6 Å². The average molecular weight is 472 g/mol. The Morgan fingerprint density at radius 1 is 1.30 bits per heavy atom. The van der Waals surface area contributed by atoms with Crippen molar-refractivity contribution in [2.75, 3.05) is 46.4 Å². The largest absolute Gasteiger partial charge is 0.465 e. The first-order valence-electron chi connectivity index (χ1n) is 11.2. The summed E-state index contributed by atoms with van der Waals surface area (Å²) in [6.45, 7) is 8.83. The van der Waals surface area contributed by atoms with Gasteiger partial charge in [0.2, 0.25) is 0 Å². The molecule has 2 unspecified atom stereocenters. The number of non-ortho nitro benzene ring substituents is 1. The van der Waals surface area contributed by atoms with Crippen LogP contribution in [0.2, 0.25) is 0 Å². The number of nitrogens with zero attached hydrogens (tertiary/aromatic N) is 5. The molecule has 2 aliphatic rings. The van der Waals surface area contributed by atoms with Gasteiger partial charge in [0.15, 0.2) is 0 Å². The molecule has 0 N–H and O–H groups in total. The molecule has 3 heterocycles. The molecule has 1 aromatic heterocycles. The molecule has 2 atom stereocenters. The summed E-state index contributed by atoms with van der Waals surface area (Å²) in [6, 6.07) is 6.53. The molecule has 176 valence electrons. The molecule has 9 nitrogen and oxygen atoms in total. The lowest BCUT2D eigenvalue weighted by atomic mass is 9.76. The smallest absolute Gasteiger partial charge is 0.315 e. The van der Waals surface area contributed by atoms with Crippen molar-refractivity contribution in [3.05, 3.63) is 51.2 Å². The Bertz CT molecular complexity index is 1060. The van der Waals surface area contributed by atoms with Gasteiger partial charge in [-0.2, -0.15) is 4.37 Å². The van der Waals surface area contributed by atoms with E-state index in [2.05, 4.69) is 16.8 Å². The number of carbonyl (C=O) groups excluding carboxylic acids is 1. The zero-order valence-corrected chi connectivity index (χ0v) is 20.0. The summed E-state index contributed by atoms with van der Waals surface area (Å²) in [6.07, 6.45) is 0.741. The molecule has 10 heteroatoms. The van der Waals surface area contributed by atoms with Crippen molar-refractivity contribution in [1.29, 1.82) is 0 Å². The zero-order valence-electron chi connectivity index (χ0n) is 19.2. The van der Waals surface area contributed by atoms with Gasteiger partial charge in [0.05, 0.1) is 17.2 Å². The van der Waals surface area contributed by atoms with Gasteiger partial charge in [-0.3, -0.25) is 14.9 Å². The fraction of sp³-hybridized carbons (Fsp3) is 0.522. The van der Waals surface area contributed by atoms with E-state index in [0.717, 1.165) is 55.4 Å². The van der Waals surface area contributed by atoms with E-state index >= 15 is 0 Å². The van der Waals surface area contributed by atoms with Crippen LogP contribution in [0.15, 0.2) is 29.3 Å². The third-order valence-electron chi connectivity index (χ3n) is 6.40. The Balaban J connectivity index is 1.71. The average Bonchev–Trinajstić information content (AvgIpc) is 3.20. The summed E-state index contributed by atoms with van der Waals surface area (Å²) in [4.78, 5) is 33.5. The summed E-state index contributed by atoms with van der Waals surface area (Å²) in [5.41, 5.74) is 3.17. The number of carbonyl (C=O) groups is 1. The Morgan fingerprint density at radius 3 is 2.76 bits per heavy atom. The number of nitro benzene ring substituents is 1. The molecular formula is C23H29N5O4S. The highest BCUT2D eigenvalue weighted by Gasteiger charge is 2.41. The highest BCUT2D eigenvalue weighted by atomic mass is 32.1. The number of piperazine rings is 1. The van der Waals surface area contributed by atoms with Gasteiger partial charge >= 0.3 is 5.97 Å². The van der Waals surface area contributed by atoms with E-state index in [4.69, 9.17) is 14.1 Å². The van der Waals surface area contributed by atoms with Crippen LogP contribution < -0.4 is 0 Å². The van der Waals surface area contributed by atoms with Crippen LogP contribution in [0.4, 0.5) is 10.7 Å². The fourth-order valence-electron chi connectivity index (χ4n) is 4.60. The van der Waals surface area contributed by atoms with E-state index in [-0.39, 0.29) is 18.3 Å². The molecule has 2 aliphatic heterocycles. The van der Waals surface area contributed by atoms with Gasteiger partial charge in [0.1, 0.15) is 10.9 Å². The number of hydrogen-bond donors (Lipinski definition) is 0. The lowest BCUT2D eigenvalue weighted by molar-refractivity contribution is -0.384. The number of ether oxygens (including phenoxy) is 1. The molecule has 1 saturated heterocycles. The Kier molecular flexibility index (Phi) is 7.16. The van der Waals surface area contributed by atoms with Crippen molar-refractivity contribution < 1.29 is 14.5 Å². The number of aliphatic imine (C=N–C) groups is 1. The maximum Gasteiger partial charge on any atom is 0.315 e. The first kappa shape index (κ1) is 23.5. The van der Waals surface area contributed by atoms with Crippen molar-refractivity contribution in [3.63, 3.8) is 0 Å². The SMILES string of the molecule is CCOC(=O)C1C(C)=Nc2snc(CCN3CCN(C)CC3)c2C1c1cccc([N+](=O)[O-])c1. The molecule has 0 spiro atoms. The Labute approximate surface area is 197 Å². The standard InChI is InChI=1S/C23H29N5O4S/c1-4-32-23(29)19-15(2)24-22-21(20(19)16-6-5-7-17(14-16)28(30)31)18(25-33-22)8-9-27-12-10-26(3)11-13-27/h5-7,14,19-20H,4,8-13H2,1-3H3. The van der Waals surface area contributed by atoms with Crippen LogP contribution >= 0.6 is 11.5 Å². The maximum absolute atomic E-state index is 13.0. The molecule has 4 rings (SSSR count). The second-order valence-electron chi connectivity index (χ2n) is 8.56. The van der Waals surface area contributed by atoms with E-state index in [1.54, 1.807) is 19.1 Å². The topological polar surface area (TPSA) is 101 Å². The van der Waals surface area contributed by atoms with Crippen molar-refractivity contribution in [3.8, 4) is 0 Å². The molecule has 0 bridgehead atoms. The number of fused-ring (bicyclic) bond motifs is 1. The fourth-order valence-corrected chi connectivity index (χ4v) is 5.51.